The fourth-order valence-electron chi connectivity index (χ4n) is 1.86. The Balaban J connectivity index is 5.10. The lowest BCUT2D eigenvalue weighted by Gasteiger charge is -2.21. The van der Waals surface area contributed by atoms with Gasteiger partial charge in [-0.3, -0.25) is 28.5 Å². The Labute approximate surface area is 154 Å². The number of hydrogen-bond donors (Lipinski definition) is 6. The van der Waals surface area contributed by atoms with Crippen LogP contribution in [0.15, 0.2) is 0 Å². The standard InChI is InChI=1S/C13H21N3O10S/c1-7(17)15-9(6-11(20)21)13(23)16-8(2-3-10(18)19)12(22)14-4-5-27(24,25)26/h8-9H,2-6H2,1H3,(H,14,22)(H,15,17)(H,16,23)(H,18,19)(H,20,21)(H,24,25,26). The summed E-state index contributed by atoms with van der Waals surface area (Å²) in [6.45, 7) is 0.549. The molecule has 0 heterocycles. The molecule has 2 atom stereocenters. The second-order valence-corrected chi connectivity index (χ2v) is 6.99. The minimum Gasteiger partial charge on any atom is -0.481 e. The largest absolute Gasteiger partial charge is 0.481 e. The predicted octanol–water partition coefficient (Wildman–Crippen LogP) is -2.68. The first-order valence-electron chi connectivity index (χ1n) is 7.55. The van der Waals surface area contributed by atoms with Crippen molar-refractivity contribution < 1.29 is 47.2 Å². The Morgan fingerprint density at radius 3 is 1.96 bits per heavy atom. The van der Waals surface area contributed by atoms with E-state index in [9.17, 15) is 32.4 Å². The molecule has 0 radical (unpaired) electrons. The third kappa shape index (κ3) is 12.3. The summed E-state index contributed by atoms with van der Waals surface area (Å²) in [7, 11) is -4.34. The van der Waals surface area contributed by atoms with Gasteiger partial charge in [-0.2, -0.15) is 8.42 Å². The average molecular weight is 411 g/mol. The first-order valence-corrected chi connectivity index (χ1v) is 9.16. The maximum absolute atomic E-state index is 12.2. The van der Waals surface area contributed by atoms with Gasteiger partial charge in [-0.1, -0.05) is 0 Å². The molecule has 0 spiro atoms. The van der Waals surface area contributed by atoms with Crippen molar-refractivity contribution in [3.63, 3.8) is 0 Å². The molecule has 0 rings (SSSR count). The lowest BCUT2D eigenvalue weighted by molar-refractivity contribution is -0.140. The van der Waals surface area contributed by atoms with E-state index >= 15 is 0 Å². The van der Waals surface area contributed by atoms with Crippen LogP contribution in [0.25, 0.3) is 0 Å². The zero-order chi connectivity index (χ0) is 21.2. The molecule has 0 aliphatic carbocycles. The van der Waals surface area contributed by atoms with Gasteiger partial charge in [0, 0.05) is 19.9 Å². The molecule has 14 heteroatoms. The zero-order valence-electron chi connectivity index (χ0n) is 14.3. The number of carboxylic acids is 2. The maximum Gasteiger partial charge on any atom is 0.305 e. The van der Waals surface area contributed by atoms with Crippen molar-refractivity contribution in [3.05, 3.63) is 0 Å². The molecule has 0 aromatic heterocycles. The Morgan fingerprint density at radius 1 is 0.926 bits per heavy atom. The van der Waals surface area contributed by atoms with Crippen LogP contribution in [-0.2, 0) is 34.1 Å². The van der Waals surface area contributed by atoms with Gasteiger partial charge in [-0.15, -0.1) is 0 Å². The molecule has 0 aromatic carbocycles. The molecule has 13 nitrogen and oxygen atoms in total. The highest BCUT2D eigenvalue weighted by Gasteiger charge is 2.28. The second-order valence-electron chi connectivity index (χ2n) is 5.42. The molecular weight excluding hydrogens is 390 g/mol. The maximum atomic E-state index is 12.2. The fraction of sp³-hybridized carbons (Fsp3) is 0.615. The van der Waals surface area contributed by atoms with Gasteiger partial charge >= 0.3 is 11.9 Å². The Hall–Kier alpha value is -2.74. The van der Waals surface area contributed by atoms with Gasteiger partial charge in [-0.05, 0) is 6.42 Å². The summed E-state index contributed by atoms with van der Waals surface area (Å²) in [6, 6.07) is -2.93. The second kappa shape index (κ2) is 11.1. The van der Waals surface area contributed by atoms with Crippen LogP contribution >= 0.6 is 0 Å². The van der Waals surface area contributed by atoms with Crippen LogP contribution < -0.4 is 16.0 Å². The van der Waals surface area contributed by atoms with E-state index in [0.29, 0.717) is 0 Å². The number of rotatable bonds is 12. The summed E-state index contributed by atoms with van der Waals surface area (Å²) in [5, 5.41) is 23.8. The summed E-state index contributed by atoms with van der Waals surface area (Å²) in [4.78, 5) is 56.8. The van der Waals surface area contributed by atoms with Crippen molar-refractivity contribution in [2.45, 2.75) is 38.3 Å². The molecule has 0 bridgehead atoms. The topological polar surface area (TPSA) is 216 Å². The van der Waals surface area contributed by atoms with E-state index < -0.39 is 77.0 Å². The fourth-order valence-corrected chi connectivity index (χ4v) is 2.22. The summed E-state index contributed by atoms with van der Waals surface area (Å²) >= 11 is 0. The van der Waals surface area contributed by atoms with Gasteiger partial charge in [0.2, 0.25) is 17.7 Å². The third-order valence-electron chi connectivity index (χ3n) is 3.01. The van der Waals surface area contributed by atoms with Gasteiger partial charge in [0.1, 0.15) is 12.1 Å². The van der Waals surface area contributed by atoms with E-state index in [0.717, 1.165) is 6.92 Å². The molecule has 2 unspecified atom stereocenters. The quantitative estimate of drug-likeness (QED) is 0.183. The first kappa shape index (κ1) is 24.3. The molecule has 0 saturated heterocycles. The normalized spacial score (nSPS) is 13.1. The first-order chi connectivity index (χ1) is 12.3. The summed E-state index contributed by atoms with van der Waals surface area (Å²) in [5.74, 6) is -6.15. The van der Waals surface area contributed by atoms with Crippen molar-refractivity contribution in [1.29, 1.82) is 0 Å². The number of carbonyl (C=O) groups is 5. The van der Waals surface area contributed by atoms with Crippen molar-refractivity contribution in [1.82, 2.24) is 16.0 Å². The van der Waals surface area contributed by atoms with Crippen molar-refractivity contribution >= 4 is 39.8 Å². The number of aliphatic carboxylic acids is 2. The highest BCUT2D eigenvalue weighted by Crippen LogP contribution is 2.01. The zero-order valence-corrected chi connectivity index (χ0v) is 15.1. The highest BCUT2D eigenvalue weighted by atomic mass is 32.2. The van der Waals surface area contributed by atoms with E-state index in [4.69, 9.17) is 14.8 Å². The van der Waals surface area contributed by atoms with E-state index in [1.54, 1.807) is 0 Å². The molecule has 154 valence electrons. The Bertz CT molecular complexity index is 674. The van der Waals surface area contributed by atoms with Gasteiger partial charge in [0.15, 0.2) is 0 Å². The molecule has 0 saturated carbocycles. The Kier molecular flexibility index (Phi) is 9.95. The van der Waals surface area contributed by atoms with Gasteiger partial charge in [0.25, 0.3) is 10.1 Å². The van der Waals surface area contributed by atoms with Crippen LogP contribution in [0.2, 0.25) is 0 Å². The van der Waals surface area contributed by atoms with E-state index in [2.05, 4.69) is 16.0 Å². The van der Waals surface area contributed by atoms with E-state index in [-0.39, 0.29) is 6.42 Å². The van der Waals surface area contributed by atoms with Crippen LogP contribution in [0.1, 0.15) is 26.2 Å². The highest BCUT2D eigenvalue weighted by molar-refractivity contribution is 7.85. The van der Waals surface area contributed by atoms with Crippen LogP contribution in [0.3, 0.4) is 0 Å². The molecule has 0 fully saturated rings. The SMILES string of the molecule is CC(=O)NC(CC(=O)O)C(=O)NC(CCC(=O)O)C(=O)NCCS(=O)(=O)O. The molecule has 0 aliphatic rings. The number of hydrogen-bond acceptors (Lipinski definition) is 7. The number of carboxylic acid groups (broad SMARTS) is 2. The smallest absolute Gasteiger partial charge is 0.305 e. The van der Waals surface area contributed by atoms with E-state index in [1.165, 1.54) is 0 Å². The van der Waals surface area contributed by atoms with Crippen LogP contribution in [0, 0.1) is 0 Å². The molecule has 3 amide bonds. The minimum absolute atomic E-state index is 0.376. The molecule has 27 heavy (non-hydrogen) atoms. The van der Waals surface area contributed by atoms with Crippen molar-refractivity contribution in [2.24, 2.45) is 0 Å². The molecule has 6 N–H and O–H groups in total. The number of carbonyl (C=O) groups excluding carboxylic acids is 3. The number of nitrogens with one attached hydrogen (secondary N) is 3. The monoisotopic (exact) mass is 411 g/mol. The molecular formula is C13H21N3O10S. The van der Waals surface area contributed by atoms with Crippen molar-refractivity contribution in [2.75, 3.05) is 12.3 Å². The molecule has 0 aromatic rings. The lowest BCUT2D eigenvalue weighted by atomic mass is 10.1. The summed E-state index contributed by atoms with van der Waals surface area (Å²) in [5.41, 5.74) is 0. The van der Waals surface area contributed by atoms with Crippen molar-refractivity contribution in [3.8, 4) is 0 Å². The van der Waals surface area contributed by atoms with Crippen LogP contribution in [0.4, 0.5) is 0 Å². The van der Waals surface area contributed by atoms with Crippen LogP contribution in [-0.4, -0.2) is 77.2 Å². The van der Waals surface area contributed by atoms with Gasteiger partial charge in [-0.25, -0.2) is 0 Å². The van der Waals surface area contributed by atoms with Gasteiger partial charge < -0.3 is 26.2 Å². The summed E-state index contributed by atoms with van der Waals surface area (Å²) in [6.07, 6.45) is -1.68. The number of amides is 3. The Morgan fingerprint density at radius 2 is 1.52 bits per heavy atom. The van der Waals surface area contributed by atoms with Gasteiger partial charge in [0.05, 0.1) is 12.2 Å². The average Bonchev–Trinajstić information content (AvgIpc) is 2.47. The molecule has 0 aliphatic heterocycles. The van der Waals surface area contributed by atoms with E-state index in [1.807, 2.05) is 0 Å². The van der Waals surface area contributed by atoms with Crippen LogP contribution in [0.5, 0.6) is 0 Å². The lowest BCUT2D eigenvalue weighted by Crippen LogP contribution is -2.54. The minimum atomic E-state index is -4.34. The third-order valence-corrected chi connectivity index (χ3v) is 3.73. The predicted molar refractivity (Wildman–Crippen MR) is 88.1 cm³/mol. The summed E-state index contributed by atoms with van der Waals surface area (Å²) < 4.78 is 29.9.